The van der Waals surface area contributed by atoms with Gasteiger partial charge in [0.05, 0.1) is 19.0 Å². The van der Waals surface area contributed by atoms with Crippen LogP contribution in [-0.4, -0.2) is 25.0 Å². The molecule has 0 heterocycles. The molecule has 1 rings (SSSR count). The zero-order valence-corrected chi connectivity index (χ0v) is 12.4. The maximum atomic E-state index is 11.6. The Balaban J connectivity index is 2.66. The zero-order valence-electron chi connectivity index (χ0n) is 10.8. The second-order valence-electron chi connectivity index (χ2n) is 3.78. The van der Waals surface area contributed by atoms with Crippen LogP contribution in [0.15, 0.2) is 18.2 Å². The standard InChI is InChI=1S/C13H18BrNO3/c1-4-10(14)13(16)15-8-9-5-6-11(17-2)12(7-9)18-3/h5-7,10H,4,8H2,1-3H3,(H,15,16). The average molecular weight is 316 g/mol. The Morgan fingerprint density at radius 3 is 2.56 bits per heavy atom. The third-order valence-electron chi connectivity index (χ3n) is 2.56. The summed E-state index contributed by atoms with van der Waals surface area (Å²) in [4.78, 5) is 11.5. The van der Waals surface area contributed by atoms with Crippen LogP contribution in [0.1, 0.15) is 18.9 Å². The Kier molecular flexibility index (Phi) is 5.98. The molecule has 0 aliphatic carbocycles. The lowest BCUT2D eigenvalue weighted by atomic mass is 10.2. The third-order valence-corrected chi connectivity index (χ3v) is 3.62. The van der Waals surface area contributed by atoms with E-state index >= 15 is 0 Å². The van der Waals surface area contributed by atoms with Crippen LogP contribution in [0.3, 0.4) is 0 Å². The molecule has 1 atom stereocenters. The van der Waals surface area contributed by atoms with Gasteiger partial charge in [-0.25, -0.2) is 0 Å². The highest BCUT2D eigenvalue weighted by Gasteiger charge is 2.12. The number of methoxy groups -OCH3 is 2. The van der Waals surface area contributed by atoms with E-state index in [9.17, 15) is 4.79 Å². The predicted octanol–water partition coefficient (Wildman–Crippen LogP) is 2.49. The number of rotatable bonds is 6. The van der Waals surface area contributed by atoms with Crippen molar-refractivity contribution in [2.45, 2.75) is 24.7 Å². The van der Waals surface area contributed by atoms with Gasteiger partial charge in [-0.3, -0.25) is 4.79 Å². The summed E-state index contributed by atoms with van der Waals surface area (Å²) in [5, 5.41) is 2.86. The Hall–Kier alpha value is -1.23. The number of alkyl halides is 1. The van der Waals surface area contributed by atoms with Gasteiger partial charge in [-0.2, -0.15) is 0 Å². The van der Waals surface area contributed by atoms with Gasteiger partial charge in [-0.05, 0) is 24.1 Å². The molecular formula is C13H18BrNO3. The maximum Gasteiger partial charge on any atom is 0.234 e. The van der Waals surface area contributed by atoms with Gasteiger partial charge in [0.2, 0.25) is 5.91 Å². The van der Waals surface area contributed by atoms with Crippen LogP contribution in [-0.2, 0) is 11.3 Å². The molecule has 1 aromatic rings. The molecule has 4 nitrogen and oxygen atoms in total. The summed E-state index contributed by atoms with van der Waals surface area (Å²) in [7, 11) is 3.18. The lowest BCUT2D eigenvalue weighted by Crippen LogP contribution is -2.30. The van der Waals surface area contributed by atoms with E-state index in [1.54, 1.807) is 14.2 Å². The Bertz CT molecular complexity index is 409. The van der Waals surface area contributed by atoms with E-state index in [0.29, 0.717) is 18.0 Å². The Morgan fingerprint density at radius 1 is 1.33 bits per heavy atom. The minimum Gasteiger partial charge on any atom is -0.493 e. The van der Waals surface area contributed by atoms with Crippen molar-refractivity contribution in [3.05, 3.63) is 23.8 Å². The normalized spacial score (nSPS) is 11.8. The number of hydrogen-bond acceptors (Lipinski definition) is 3. The summed E-state index contributed by atoms with van der Waals surface area (Å²) in [5.41, 5.74) is 0.969. The van der Waals surface area contributed by atoms with Crippen molar-refractivity contribution in [3.63, 3.8) is 0 Å². The van der Waals surface area contributed by atoms with Crippen molar-refractivity contribution in [1.82, 2.24) is 5.32 Å². The van der Waals surface area contributed by atoms with Crippen LogP contribution in [0.25, 0.3) is 0 Å². The molecule has 0 saturated carbocycles. The van der Waals surface area contributed by atoms with Gasteiger partial charge in [0.25, 0.3) is 0 Å². The molecule has 0 fully saturated rings. The topological polar surface area (TPSA) is 47.6 Å². The molecule has 0 saturated heterocycles. The molecule has 0 radical (unpaired) electrons. The molecule has 1 N–H and O–H groups in total. The van der Waals surface area contributed by atoms with Crippen molar-refractivity contribution in [2.24, 2.45) is 0 Å². The first-order valence-electron chi connectivity index (χ1n) is 5.75. The smallest absolute Gasteiger partial charge is 0.234 e. The Morgan fingerprint density at radius 2 is 2.00 bits per heavy atom. The molecule has 0 spiro atoms. The van der Waals surface area contributed by atoms with Gasteiger partial charge in [-0.1, -0.05) is 28.9 Å². The number of carbonyl (C=O) groups excluding carboxylic acids is 1. The molecular weight excluding hydrogens is 298 g/mol. The van der Waals surface area contributed by atoms with Crippen molar-refractivity contribution in [2.75, 3.05) is 14.2 Å². The quantitative estimate of drug-likeness (QED) is 0.820. The fraction of sp³-hybridized carbons (Fsp3) is 0.462. The minimum atomic E-state index is -0.141. The fourth-order valence-electron chi connectivity index (χ4n) is 1.48. The zero-order chi connectivity index (χ0) is 13.5. The summed E-state index contributed by atoms with van der Waals surface area (Å²) in [6, 6.07) is 5.58. The molecule has 18 heavy (non-hydrogen) atoms. The molecule has 1 aromatic carbocycles. The predicted molar refractivity (Wildman–Crippen MR) is 74.4 cm³/mol. The van der Waals surface area contributed by atoms with E-state index in [-0.39, 0.29) is 10.7 Å². The summed E-state index contributed by atoms with van der Waals surface area (Å²) < 4.78 is 10.4. The van der Waals surface area contributed by atoms with Gasteiger partial charge in [0.1, 0.15) is 0 Å². The molecule has 0 aromatic heterocycles. The molecule has 0 aliphatic heterocycles. The van der Waals surface area contributed by atoms with Crippen molar-refractivity contribution >= 4 is 21.8 Å². The first kappa shape index (κ1) is 14.8. The Labute approximate surface area is 116 Å². The second-order valence-corrected chi connectivity index (χ2v) is 4.89. The van der Waals surface area contributed by atoms with E-state index in [2.05, 4.69) is 21.2 Å². The minimum absolute atomic E-state index is 0.00714. The van der Waals surface area contributed by atoms with Gasteiger partial charge in [0.15, 0.2) is 11.5 Å². The van der Waals surface area contributed by atoms with Gasteiger partial charge in [-0.15, -0.1) is 0 Å². The molecule has 1 amide bonds. The van der Waals surface area contributed by atoms with E-state index in [1.165, 1.54) is 0 Å². The van der Waals surface area contributed by atoms with E-state index in [4.69, 9.17) is 9.47 Å². The maximum absolute atomic E-state index is 11.6. The van der Waals surface area contributed by atoms with E-state index in [1.807, 2.05) is 25.1 Å². The summed E-state index contributed by atoms with van der Waals surface area (Å²) in [6.07, 6.45) is 0.762. The van der Waals surface area contributed by atoms with Crippen LogP contribution in [0.5, 0.6) is 11.5 Å². The van der Waals surface area contributed by atoms with Gasteiger partial charge in [0, 0.05) is 6.54 Å². The van der Waals surface area contributed by atoms with Gasteiger partial charge < -0.3 is 14.8 Å². The molecule has 5 heteroatoms. The van der Waals surface area contributed by atoms with Crippen LogP contribution >= 0.6 is 15.9 Å². The SMILES string of the molecule is CCC(Br)C(=O)NCc1ccc(OC)c(OC)c1. The number of amides is 1. The summed E-state index contributed by atoms with van der Waals surface area (Å²) in [6.45, 7) is 2.43. The lowest BCUT2D eigenvalue weighted by molar-refractivity contribution is -0.120. The molecule has 0 bridgehead atoms. The number of hydrogen-bond donors (Lipinski definition) is 1. The fourth-order valence-corrected chi connectivity index (χ4v) is 1.64. The highest BCUT2D eigenvalue weighted by molar-refractivity contribution is 9.10. The largest absolute Gasteiger partial charge is 0.493 e. The number of carbonyl (C=O) groups is 1. The molecule has 1 unspecified atom stereocenters. The number of ether oxygens (including phenoxy) is 2. The summed E-state index contributed by atoms with van der Waals surface area (Å²) in [5.74, 6) is 1.34. The van der Waals surface area contributed by atoms with Crippen molar-refractivity contribution < 1.29 is 14.3 Å². The lowest BCUT2D eigenvalue weighted by Gasteiger charge is -2.11. The summed E-state index contributed by atoms with van der Waals surface area (Å²) >= 11 is 3.31. The number of benzene rings is 1. The van der Waals surface area contributed by atoms with Crippen LogP contribution in [0.4, 0.5) is 0 Å². The molecule has 100 valence electrons. The second kappa shape index (κ2) is 7.26. The van der Waals surface area contributed by atoms with Crippen LogP contribution in [0.2, 0.25) is 0 Å². The van der Waals surface area contributed by atoms with E-state index in [0.717, 1.165) is 12.0 Å². The first-order valence-corrected chi connectivity index (χ1v) is 6.66. The van der Waals surface area contributed by atoms with Gasteiger partial charge >= 0.3 is 0 Å². The highest BCUT2D eigenvalue weighted by atomic mass is 79.9. The monoisotopic (exact) mass is 315 g/mol. The molecule has 0 aliphatic rings. The number of halogens is 1. The highest BCUT2D eigenvalue weighted by Crippen LogP contribution is 2.27. The van der Waals surface area contributed by atoms with Crippen LogP contribution < -0.4 is 14.8 Å². The van der Waals surface area contributed by atoms with Crippen LogP contribution in [0, 0.1) is 0 Å². The average Bonchev–Trinajstić information content (AvgIpc) is 2.43. The number of nitrogens with one attached hydrogen (secondary N) is 1. The first-order chi connectivity index (χ1) is 8.62. The van der Waals surface area contributed by atoms with Crippen molar-refractivity contribution in [3.8, 4) is 11.5 Å². The third kappa shape index (κ3) is 3.91. The van der Waals surface area contributed by atoms with E-state index < -0.39 is 0 Å². The van der Waals surface area contributed by atoms with Crippen molar-refractivity contribution in [1.29, 1.82) is 0 Å².